The Morgan fingerprint density at radius 1 is 1.44 bits per heavy atom. The summed E-state index contributed by atoms with van der Waals surface area (Å²) in [5.74, 6) is 1.11. The Labute approximate surface area is 108 Å². The van der Waals surface area contributed by atoms with E-state index in [4.69, 9.17) is 15.7 Å². The molecule has 5 heteroatoms. The van der Waals surface area contributed by atoms with Crippen molar-refractivity contribution >= 4 is 5.84 Å². The predicted octanol–water partition coefficient (Wildman–Crippen LogP) is 1.57. The van der Waals surface area contributed by atoms with Crippen molar-refractivity contribution in [1.82, 2.24) is 5.32 Å². The highest BCUT2D eigenvalue weighted by Gasteiger charge is 2.07. The molecule has 0 fully saturated rings. The highest BCUT2D eigenvalue weighted by molar-refractivity contribution is 5.80. The summed E-state index contributed by atoms with van der Waals surface area (Å²) in [6, 6.07) is 9.89. The van der Waals surface area contributed by atoms with E-state index in [1.165, 1.54) is 0 Å². The molecule has 4 N–H and O–H groups in total. The fraction of sp³-hybridized carbons (Fsp3) is 0.462. The van der Waals surface area contributed by atoms with Crippen molar-refractivity contribution in [3.05, 3.63) is 30.3 Å². The average Bonchev–Trinajstić information content (AvgIpc) is 2.43. The van der Waals surface area contributed by atoms with Crippen molar-refractivity contribution in [3.8, 4) is 5.75 Å². The van der Waals surface area contributed by atoms with Crippen LogP contribution in [-0.4, -0.2) is 30.2 Å². The lowest BCUT2D eigenvalue weighted by Crippen LogP contribution is -2.35. The van der Waals surface area contributed by atoms with Crippen LogP contribution in [0.25, 0.3) is 0 Å². The van der Waals surface area contributed by atoms with E-state index in [0.29, 0.717) is 13.0 Å². The van der Waals surface area contributed by atoms with Gasteiger partial charge in [0.05, 0.1) is 0 Å². The maximum atomic E-state index is 8.51. The molecule has 1 aromatic rings. The van der Waals surface area contributed by atoms with Crippen LogP contribution in [-0.2, 0) is 0 Å². The van der Waals surface area contributed by atoms with Crippen molar-refractivity contribution in [3.63, 3.8) is 0 Å². The average molecular weight is 251 g/mol. The maximum Gasteiger partial charge on any atom is 0.140 e. The molecule has 0 aliphatic rings. The molecule has 1 unspecified atom stereocenters. The summed E-state index contributed by atoms with van der Waals surface area (Å²) in [5, 5.41) is 14.8. The van der Waals surface area contributed by atoms with Gasteiger partial charge in [-0.25, -0.2) is 0 Å². The molecule has 0 aromatic heterocycles. The third-order valence-electron chi connectivity index (χ3n) is 2.62. The zero-order valence-electron chi connectivity index (χ0n) is 10.7. The molecule has 18 heavy (non-hydrogen) atoms. The molecular weight excluding hydrogens is 230 g/mol. The second kappa shape index (κ2) is 8.36. The molecule has 0 amide bonds. The standard InChI is InChI=1S/C13H21N3O2/c1-2-11(10-13(14)16-17)15-8-9-18-12-6-4-3-5-7-12/h3-7,11,15,17H,2,8-10H2,1H3,(H2,14,16). The molecule has 100 valence electrons. The monoisotopic (exact) mass is 251 g/mol. The van der Waals surface area contributed by atoms with Gasteiger partial charge in [-0.05, 0) is 18.6 Å². The Morgan fingerprint density at radius 3 is 2.78 bits per heavy atom. The number of benzene rings is 1. The van der Waals surface area contributed by atoms with Gasteiger partial charge in [-0.15, -0.1) is 0 Å². The van der Waals surface area contributed by atoms with E-state index in [1.807, 2.05) is 30.3 Å². The van der Waals surface area contributed by atoms with E-state index in [9.17, 15) is 0 Å². The van der Waals surface area contributed by atoms with Crippen LogP contribution in [0.15, 0.2) is 35.5 Å². The van der Waals surface area contributed by atoms with Crippen LogP contribution in [0.1, 0.15) is 19.8 Å². The summed E-state index contributed by atoms with van der Waals surface area (Å²) in [6.45, 7) is 3.38. The van der Waals surface area contributed by atoms with Crippen molar-refractivity contribution in [2.75, 3.05) is 13.2 Å². The number of ether oxygens (including phenoxy) is 1. The Morgan fingerprint density at radius 2 is 2.17 bits per heavy atom. The molecule has 0 radical (unpaired) electrons. The van der Waals surface area contributed by atoms with Crippen LogP contribution < -0.4 is 15.8 Å². The molecule has 1 rings (SSSR count). The van der Waals surface area contributed by atoms with Crippen molar-refractivity contribution in [2.24, 2.45) is 10.9 Å². The predicted molar refractivity (Wildman–Crippen MR) is 72.0 cm³/mol. The lowest BCUT2D eigenvalue weighted by atomic mass is 10.1. The second-order valence-electron chi connectivity index (χ2n) is 4.02. The van der Waals surface area contributed by atoms with E-state index in [-0.39, 0.29) is 11.9 Å². The van der Waals surface area contributed by atoms with Crippen LogP contribution in [0.4, 0.5) is 0 Å². The van der Waals surface area contributed by atoms with Gasteiger partial charge in [-0.3, -0.25) is 0 Å². The van der Waals surface area contributed by atoms with Gasteiger partial charge >= 0.3 is 0 Å². The number of nitrogens with two attached hydrogens (primary N) is 1. The highest BCUT2D eigenvalue weighted by Crippen LogP contribution is 2.07. The largest absolute Gasteiger partial charge is 0.492 e. The summed E-state index contributed by atoms with van der Waals surface area (Å²) in [4.78, 5) is 0. The first-order chi connectivity index (χ1) is 8.76. The number of hydrogen-bond donors (Lipinski definition) is 3. The van der Waals surface area contributed by atoms with Crippen LogP contribution in [0.2, 0.25) is 0 Å². The summed E-state index contributed by atoms with van der Waals surface area (Å²) >= 11 is 0. The molecular formula is C13H21N3O2. The molecule has 0 saturated heterocycles. The third-order valence-corrected chi connectivity index (χ3v) is 2.62. The number of para-hydroxylation sites is 1. The van der Waals surface area contributed by atoms with Gasteiger partial charge in [0, 0.05) is 19.0 Å². The lowest BCUT2D eigenvalue weighted by molar-refractivity contribution is 0.301. The van der Waals surface area contributed by atoms with Gasteiger partial charge in [0.1, 0.15) is 18.2 Å². The first-order valence-electron chi connectivity index (χ1n) is 6.14. The van der Waals surface area contributed by atoms with Gasteiger partial charge in [0.2, 0.25) is 0 Å². The minimum absolute atomic E-state index is 0.209. The molecule has 1 atom stereocenters. The molecule has 0 bridgehead atoms. The van der Waals surface area contributed by atoms with E-state index >= 15 is 0 Å². The zero-order valence-corrected chi connectivity index (χ0v) is 10.7. The van der Waals surface area contributed by atoms with E-state index < -0.39 is 0 Å². The maximum absolute atomic E-state index is 8.51. The van der Waals surface area contributed by atoms with Gasteiger partial charge < -0.3 is 21.0 Å². The minimum Gasteiger partial charge on any atom is -0.492 e. The second-order valence-corrected chi connectivity index (χ2v) is 4.02. The number of nitrogens with zero attached hydrogens (tertiary/aromatic N) is 1. The summed E-state index contributed by atoms with van der Waals surface area (Å²) < 4.78 is 5.56. The van der Waals surface area contributed by atoms with Gasteiger partial charge in [-0.2, -0.15) is 0 Å². The summed E-state index contributed by atoms with van der Waals surface area (Å²) in [6.07, 6.45) is 1.46. The highest BCUT2D eigenvalue weighted by atomic mass is 16.5. The summed E-state index contributed by atoms with van der Waals surface area (Å²) in [5.41, 5.74) is 5.47. The Balaban J connectivity index is 2.20. The molecule has 0 saturated carbocycles. The fourth-order valence-electron chi connectivity index (χ4n) is 1.60. The van der Waals surface area contributed by atoms with Crippen LogP contribution >= 0.6 is 0 Å². The first kappa shape index (κ1) is 14.3. The van der Waals surface area contributed by atoms with Crippen molar-refractivity contribution < 1.29 is 9.94 Å². The zero-order chi connectivity index (χ0) is 13.2. The third kappa shape index (κ3) is 5.54. The van der Waals surface area contributed by atoms with Crippen LogP contribution in [0, 0.1) is 0 Å². The number of nitrogens with one attached hydrogen (secondary N) is 1. The first-order valence-corrected chi connectivity index (χ1v) is 6.14. The van der Waals surface area contributed by atoms with E-state index in [1.54, 1.807) is 0 Å². The number of hydrogen-bond acceptors (Lipinski definition) is 4. The molecule has 0 aliphatic heterocycles. The number of rotatable bonds is 8. The lowest BCUT2D eigenvalue weighted by Gasteiger charge is -2.16. The molecule has 5 nitrogen and oxygen atoms in total. The smallest absolute Gasteiger partial charge is 0.140 e. The Bertz CT molecular complexity index is 355. The van der Waals surface area contributed by atoms with Gasteiger partial charge in [-0.1, -0.05) is 30.3 Å². The van der Waals surface area contributed by atoms with Crippen molar-refractivity contribution in [1.29, 1.82) is 0 Å². The quantitative estimate of drug-likeness (QED) is 0.215. The molecule has 1 aromatic carbocycles. The topological polar surface area (TPSA) is 79.9 Å². The van der Waals surface area contributed by atoms with Crippen molar-refractivity contribution in [2.45, 2.75) is 25.8 Å². The minimum atomic E-state index is 0.209. The SMILES string of the molecule is CCC(CC(N)=NO)NCCOc1ccccc1. The summed E-state index contributed by atoms with van der Waals surface area (Å²) in [7, 11) is 0. The molecule has 0 aliphatic carbocycles. The van der Waals surface area contributed by atoms with Crippen LogP contribution in [0.5, 0.6) is 5.75 Å². The van der Waals surface area contributed by atoms with E-state index in [0.717, 1.165) is 18.7 Å². The fourth-order valence-corrected chi connectivity index (χ4v) is 1.60. The van der Waals surface area contributed by atoms with Crippen LogP contribution in [0.3, 0.4) is 0 Å². The number of amidine groups is 1. The Kier molecular flexibility index (Phi) is 6.64. The van der Waals surface area contributed by atoms with Gasteiger partial charge in [0.15, 0.2) is 0 Å². The van der Waals surface area contributed by atoms with E-state index in [2.05, 4.69) is 17.4 Å². The van der Waals surface area contributed by atoms with Gasteiger partial charge in [0.25, 0.3) is 0 Å². The Hall–Kier alpha value is -1.75. The number of oxime groups is 1. The molecule has 0 spiro atoms. The normalized spacial score (nSPS) is 13.3. The molecule has 0 heterocycles.